The van der Waals surface area contributed by atoms with E-state index in [0.717, 1.165) is 30.6 Å². The number of ketones is 1. The normalized spacial score (nSPS) is 10.6. The van der Waals surface area contributed by atoms with E-state index in [9.17, 15) is 4.79 Å². The molecule has 0 unspecified atom stereocenters. The van der Waals surface area contributed by atoms with Crippen molar-refractivity contribution in [1.82, 2.24) is 4.90 Å². The molecule has 0 atom stereocenters. The quantitative estimate of drug-likeness (QED) is 0.533. The van der Waals surface area contributed by atoms with Crippen LogP contribution in [0.1, 0.15) is 29.3 Å². The summed E-state index contributed by atoms with van der Waals surface area (Å²) in [6, 6.07) is 24.6. The molecule has 25 heavy (non-hydrogen) atoms. The summed E-state index contributed by atoms with van der Waals surface area (Å²) >= 11 is 0. The first kappa shape index (κ1) is 19.2. The molecule has 3 aromatic rings. The van der Waals surface area contributed by atoms with Crippen molar-refractivity contribution in [3.63, 3.8) is 0 Å². The second-order valence-electron chi connectivity index (χ2n) is 6.09. The summed E-state index contributed by atoms with van der Waals surface area (Å²) in [6.45, 7) is 4.77. The third kappa shape index (κ3) is 5.15. The Balaban J connectivity index is 0.00000225. The van der Waals surface area contributed by atoms with Crippen molar-refractivity contribution in [2.75, 3.05) is 13.1 Å². The molecule has 0 aliphatic rings. The van der Waals surface area contributed by atoms with E-state index in [1.165, 1.54) is 10.9 Å². The largest absolute Gasteiger partial charge is 0.299 e. The molecule has 3 rings (SSSR count). The highest BCUT2D eigenvalue weighted by atomic mass is 35.5. The minimum atomic E-state index is 0. The molecule has 0 radical (unpaired) electrons. The number of hydrogen-bond acceptors (Lipinski definition) is 2. The zero-order valence-corrected chi connectivity index (χ0v) is 15.3. The molecular weight excluding hydrogens is 330 g/mol. The van der Waals surface area contributed by atoms with Gasteiger partial charge in [0.2, 0.25) is 0 Å². The maximum Gasteiger partial charge on any atom is 0.164 e. The van der Waals surface area contributed by atoms with Gasteiger partial charge in [0, 0.05) is 25.1 Å². The van der Waals surface area contributed by atoms with Crippen molar-refractivity contribution in [2.24, 2.45) is 0 Å². The van der Waals surface area contributed by atoms with Gasteiger partial charge in [0.05, 0.1) is 0 Å². The van der Waals surface area contributed by atoms with Gasteiger partial charge in [0.1, 0.15) is 0 Å². The van der Waals surface area contributed by atoms with Crippen LogP contribution in [0, 0.1) is 0 Å². The molecule has 0 heterocycles. The van der Waals surface area contributed by atoms with Crippen LogP contribution < -0.4 is 0 Å². The predicted molar refractivity (Wildman–Crippen MR) is 108 cm³/mol. The van der Waals surface area contributed by atoms with E-state index in [1.807, 2.05) is 36.4 Å². The van der Waals surface area contributed by atoms with Crippen molar-refractivity contribution < 1.29 is 4.79 Å². The molecule has 0 saturated heterocycles. The summed E-state index contributed by atoms with van der Waals surface area (Å²) in [7, 11) is 0. The van der Waals surface area contributed by atoms with Gasteiger partial charge in [-0.2, -0.15) is 0 Å². The van der Waals surface area contributed by atoms with Crippen LogP contribution in [0.3, 0.4) is 0 Å². The van der Waals surface area contributed by atoms with Gasteiger partial charge in [-0.3, -0.25) is 9.69 Å². The van der Waals surface area contributed by atoms with Gasteiger partial charge in [0.15, 0.2) is 5.78 Å². The molecular formula is C22H24ClNO. The number of carbonyl (C=O) groups is 1. The van der Waals surface area contributed by atoms with Crippen LogP contribution in [0.2, 0.25) is 0 Å². The van der Waals surface area contributed by atoms with Gasteiger partial charge in [-0.15, -0.1) is 12.4 Å². The summed E-state index contributed by atoms with van der Waals surface area (Å²) in [6.07, 6.45) is 0.555. The first-order valence-corrected chi connectivity index (χ1v) is 8.54. The van der Waals surface area contributed by atoms with Crippen LogP contribution in [-0.2, 0) is 6.54 Å². The number of carbonyl (C=O) groups excluding carboxylic acids is 1. The molecule has 0 saturated carbocycles. The zero-order chi connectivity index (χ0) is 16.8. The lowest BCUT2D eigenvalue weighted by Crippen LogP contribution is -2.25. The van der Waals surface area contributed by atoms with Gasteiger partial charge in [0.25, 0.3) is 0 Å². The molecule has 0 amide bonds. The first-order chi connectivity index (χ1) is 11.8. The van der Waals surface area contributed by atoms with Crippen molar-refractivity contribution in [3.8, 4) is 0 Å². The highest BCUT2D eigenvalue weighted by Gasteiger charge is 2.10. The number of nitrogens with zero attached hydrogens (tertiary/aromatic N) is 1. The zero-order valence-electron chi connectivity index (χ0n) is 14.5. The lowest BCUT2D eigenvalue weighted by molar-refractivity contribution is 0.0963. The van der Waals surface area contributed by atoms with Gasteiger partial charge < -0.3 is 0 Å². The minimum absolute atomic E-state index is 0. The summed E-state index contributed by atoms with van der Waals surface area (Å²) < 4.78 is 0. The van der Waals surface area contributed by atoms with Gasteiger partial charge in [-0.25, -0.2) is 0 Å². The van der Waals surface area contributed by atoms with Gasteiger partial charge >= 0.3 is 0 Å². The second kappa shape index (κ2) is 9.36. The molecule has 0 bridgehead atoms. The highest BCUT2D eigenvalue weighted by Crippen LogP contribution is 2.17. The molecule has 2 nitrogen and oxygen atoms in total. The monoisotopic (exact) mass is 353 g/mol. The van der Waals surface area contributed by atoms with Crippen molar-refractivity contribution in [2.45, 2.75) is 19.9 Å². The van der Waals surface area contributed by atoms with Gasteiger partial charge in [-0.05, 0) is 28.9 Å². The number of benzene rings is 3. The molecule has 3 heteroatoms. The molecule has 0 spiro atoms. The maximum atomic E-state index is 12.5. The Labute approximate surface area is 155 Å². The summed E-state index contributed by atoms with van der Waals surface area (Å²) in [5.41, 5.74) is 2.10. The average Bonchev–Trinajstić information content (AvgIpc) is 2.65. The molecule has 0 aliphatic carbocycles. The Hall–Kier alpha value is -2.16. The van der Waals surface area contributed by atoms with E-state index in [-0.39, 0.29) is 18.2 Å². The Kier molecular flexibility index (Phi) is 7.17. The number of hydrogen-bond donors (Lipinski definition) is 0. The van der Waals surface area contributed by atoms with Crippen LogP contribution in [0.25, 0.3) is 10.8 Å². The number of halogens is 1. The Bertz CT molecular complexity index is 816. The number of Topliss-reactive ketones (excluding diaryl/α,β-unsaturated/α-hetero) is 1. The maximum absolute atomic E-state index is 12.5. The molecule has 3 aromatic carbocycles. The van der Waals surface area contributed by atoms with Crippen molar-refractivity contribution in [3.05, 3.63) is 83.9 Å². The van der Waals surface area contributed by atoms with E-state index < -0.39 is 0 Å². The van der Waals surface area contributed by atoms with Crippen LogP contribution in [0.4, 0.5) is 0 Å². The Morgan fingerprint density at radius 2 is 1.56 bits per heavy atom. The van der Waals surface area contributed by atoms with E-state index in [2.05, 4.69) is 48.2 Å². The fourth-order valence-corrected chi connectivity index (χ4v) is 2.96. The summed E-state index contributed by atoms with van der Waals surface area (Å²) in [5.74, 6) is 0.215. The second-order valence-corrected chi connectivity index (χ2v) is 6.09. The van der Waals surface area contributed by atoms with Crippen molar-refractivity contribution >= 4 is 29.0 Å². The van der Waals surface area contributed by atoms with Crippen LogP contribution in [-0.4, -0.2) is 23.8 Å². The van der Waals surface area contributed by atoms with Crippen molar-refractivity contribution in [1.29, 1.82) is 0 Å². The summed E-state index contributed by atoms with van der Waals surface area (Å²) in [4.78, 5) is 14.8. The van der Waals surface area contributed by atoms with E-state index in [1.54, 1.807) is 0 Å². The molecule has 130 valence electrons. The van der Waals surface area contributed by atoms with Crippen LogP contribution >= 0.6 is 12.4 Å². The Morgan fingerprint density at radius 3 is 2.28 bits per heavy atom. The smallest absolute Gasteiger partial charge is 0.164 e. The topological polar surface area (TPSA) is 20.3 Å². The molecule has 0 aromatic heterocycles. The minimum Gasteiger partial charge on any atom is -0.299 e. The molecule has 0 aliphatic heterocycles. The lowest BCUT2D eigenvalue weighted by atomic mass is 10.0. The van der Waals surface area contributed by atoms with E-state index in [0.29, 0.717) is 6.42 Å². The van der Waals surface area contributed by atoms with E-state index in [4.69, 9.17) is 0 Å². The fraction of sp³-hybridized carbons (Fsp3) is 0.227. The van der Waals surface area contributed by atoms with Crippen LogP contribution in [0.15, 0.2) is 72.8 Å². The number of rotatable bonds is 7. The third-order valence-corrected chi connectivity index (χ3v) is 4.42. The highest BCUT2D eigenvalue weighted by molar-refractivity contribution is 6.00. The third-order valence-electron chi connectivity index (χ3n) is 4.42. The standard InChI is InChI=1S/C22H23NO.ClH/c1-2-23(17-18-8-4-3-5-9-18)15-14-22(24)21-13-12-19-10-6-7-11-20(19)16-21;/h3-13,16H,2,14-15,17H2,1H3;1H. The number of fused-ring (bicyclic) bond motifs is 1. The Morgan fingerprint density at radius 1 is 0.880 bits per heavy atom. The SMILES string of the molecule is CCN(CCC(=O)c1ccc2ccccc2c1)Cc1ccccc1.Cl. The van der Waals surface area contributed by atoms with Crippen LogP contribution in [0.5, 0.6) is 0 Å². The first-order valence-electron chi connectivity index (χ1n) is 8.54. The van der Waals surface area contributed by atoms with E-state index >= 15 is 0 Å². The average molecular weight is 354 g/mol. The summed E-state index contributed by atoms with van der Waals surface area (Å²) in [5, 5.41) is 2.30. The predicted octanol–water partition coefficient (Wildman–Crippen LogP) is 5.36. The lowest BCUT2D eigenvalue weighted by Gasteiger charge is -2.20. The van der Waals surface area contributed by atoms with Gasteiger partial charge in [-0.1, -0.05) is 73.7 Å². The fourth-order valence-electron chi connectivity index (χ4n) is 2.96. The molecule has 0 fully saturated rings. The molecule has 0 N–H and O–H groups in total.